The lowest BCUT2D eigenvalue weighted by atomic mass is 9.55. The van der Waals surface area contributed by atoms with Crippen LogP contribution < -0.4 is 5.32 Å². The highest BCUT2D eigenvalue weighted by atomic mass is 35.5. The van der Waals surface area contributed by atoms with Crippen LogP contribution in [-0.2, 0) is 23.9 Å². The van der Waals surface area contributed by atoms with Gasteiger partial charge in [-0.2, -0.15) is 0 Å². The van der Waals surface area contributed by atoms with E-state index in [4.69, 9.17) is 16.3 Å². The number of rotatable bonds is 5. The van der Waals surface area contributed by atoms with Crippen molar-refractivity contribution in [1.82, 2.24) is 4.90 Å². The Morgan fingerprint density at radius 3 is 1.83 bits per heavy atom. The van der Waals surface area contributed by atoms with Crippen LogP contribution >= 0.6 is 11.6 Å². The number of ether oxygens (including phenoxy) is 1. The standard InChI is InChI=1S/C28H21ClN2O5/c29-15-6-5-7-16(12-15)30-21(32)14-36-22(33)13-31-27(34)25-23-17-8-1-2-9-18(17)24(26(25)28(31)35)20-11-4-3-10-19(20)23/h1-12,23-26H,13-14H2,(H,30,32)/t23?,24?,25-,26-/m1/s1. The fourth-order valence-electron chi connectivity index (χ4n) is 5.98. The van der Waals surface area contributed by atoms with Gasteiger partial charge in [0.05, 0.1) is 11.8 Å². The van der Waals surface area contributed by atoms with Gasteiger partial charge < -0.3 is 10.1 Å². The fourth-order valence-corrected chi connectivity index (χ4v) is 6.17. The number of amides is 3. The summed E-state index contributed by atoms with van der Waals surface area (Å²) in [6.45, 7) is -1.07. The molecular weight excluding hydrogens is 480 g/mol. The van der Waals surface area contributed by atoms with E-state index in [0.29, 0.717) is 10.7 Å². The predicted molar refractivity (Wildman–Crippen MR) is 131 cm³/mol. The van der Waals surface area contributed by atoms with E-state index < -0.39 is 36.9 Å². The molecule has 0 aromatic heterocycles. The summed E-state index contributed by atoms with van der Waals surface area (Å²) in [5.41, 5.74) is 4.71. The molecule has 8 heteroatoms. The van der Waals surface area contributed by atoms with E-state index in [2.05, 4.69) is 5.32 Å². The maximum atomic E-state index is 13.5. The quantitative estimate of drug-likeness (QED) is 0.426. The van der Waals surface area contributed by atoms with Crippen molar-refractivity contribution >= 4 is 41.0 Å². The summed E-state index contributed by atoms with van der Waals surface area (Å²) in [6, 6.07) is 22.4. The Morgan fingerprint density at radius 2 is 1.33 bits per heavy atom. The first-order valence-electron chi connectivity index (χ1n) is 11.7. The Labute approximate surface area is 212 Å². The minimum Gasteiger partial charge on any atom is -0.454 e. The summed E-state index contributed by atoms with van der Waals surface area (Å²) in [5.74, 6) is -3.73. The second kappa shape index (κ2) is 8.60. The van der Waals surface area contributed by atoms with Crippen molar-refractivity contribution in [2.45, 2.75) is 11.8 Å². The highest BCUT2D eigenvalue weighted by Gasteiger charge is 2.61. The van der Waals surface area contributed by atoms with Crippen molar-refractivity contribution in [2.24, 2.45) is 11.8 Å². The van der Waals surface area contributed by atoms with Gasteiger partial charge in [-0.15, -0.1) is 0 Å². The van der Waals surface area contributed by atoms with Gasteiger partial charge in [0.2, 0.25) is 11.8 Å². The topological polar surface area (TPSA) is 92.8 Å². The number of nitrogens with zero attached hydrogens (tertiary/aromatic N) is 1. The monoisotopic (exact) mass is 500 g/mol. The molecule has 3 aliphatic carbocycles. The summed E-state index contributed by atoms with van der Waals surface area (Å²) >= 11 is 5.91. The molecule has 2 atom stereocenters. The van der Waals surface area contributed by atoms with Gasteiger partial charge in [0.1, 0.15) is 6.54 Å². The Kier molecular flexibility index (Phi) is 5.38. The van der Waals surface area contributed by atoms with Crippen LogP contribution in [0.25, 0.3) is 0 Å². The molecule has 1 heterocycles. The molecule has 0 unspecified atom stereocenters. The first kappa shape index (κ1) is 22.5. The van der Waals surface area contributed by atoms with E-state index >= 15 is 0 Å². The number of benzene rings is 3. The number of imide groups is 1. The summed E-state index contributed by atoms with van der Waals surface area (Å²) in [5, 5.41) is 3.04. The largest absolute Gasteiger partial charge is 0.454 e. The van der Waals surface area contributed by atoms with Crippen LogP contribution in [0.15, 0.2) is 72.8 Å². The van der Waals surface area contributed by atoms with Crippen molar-refractivity contribution in [3.05, 3.63) is 100 Å². The lowest BCUT2D eigenvalue weighted by molar-refractivity contribution is -0.154. The van der Waals surface area contributed by atoms with Crippen molar-refractivity contribution in [3.63, 3.8) is 0 Å². The number of hydrogen-bond acceptors (Lipinski definition) is 5. The summed E-state index contributed by atoms with van der Waals surface area (Å²) in [7, 11) is 0. The summed E-state index contributed by atoms with van der Waals surface area (Å²) < 4.78 is 5.08. The van der Waals surface area contributed by atoms with Crippen LogP contribution in [0.4, 0.5) is 5.69 Å². The molecule has 0 spiro atoms. The van der Waals surface area contributed by atoms with E-state index in [1.54, 1.807) is 24.3 Å². The molecule has 0 saturated carbocycles. The van der Waals surface area contributed by atoms with Crippen LogP contribution in [0.5, 0.6) is 0 Å². The van der Waals surface area contributed by atoms with E-state index in [0.717, 1.165) is 27.2 Å². The zero-order chi connectivity index (χ0) is 25.0. The lowest BCUT2D eigenvalue weighted by Gasteiger charge is -2.45. The second-order valence-electron chi connectivity index (χ2n) is 9.25. The molecule has 1 fully saturated rings. The highest BCUT2D eigenvalue weighted by Crippen LogP contribution is 2.60. The molecule has 3 amide bonds. The maximum Gasteiger partial charge on any atom is 0.326 e. The third-order valence-electron chi connectivity index (χ3n) is 7.30. The van der Waals surface area contributed by atoms with Crippen LogP contribution in [-0.4, -0.2) is 41.7 Å². The van der Waals surface area contributed by atoms with Crippen LogP contribution in [0.1, 0.15) is 34.1 Å². The number of hydrogen-bond donors (Lipinski definition) is 1. The molecule has 3 aromatic rings. The second-order valence-corrected chi connectivity index (χ2v) is 9.68. The van der Waals surface area contributed by atoms with Gasteiger partial charge in [0.25, 0.3) is 5.91 Å². The number of halogens is 1. The molecule has 1 N–H and O–H groups in total. The Hall–Kier alpha value is -3.97. The molecule has 1 aliphatic heterocycles. The van der Waals surface area contributed by atoms with Crippen LogP contribution in [0.3, 0.4) is 0 Å². The lowest BCUT2D eigenvalue weighted by Crippen LogP contribution is -2.41. The average molecular weight is 501 g/mol. The Bertz CT molecular complexity index is 1320. The fraction of sp³-hybridized carbons (Fsp3) is 0.214. The summed E-state index contributed by atoms with van der Waals surface area (Å²) in [4.78, 5) is 52.7. The number of anilines is 1. The molecule has 4 aliphatic rings. The minimum absolute atomic E-state index is 0.242. The van der Waals surface area contributed by atoms with E-state index in [-0.39, 0.29) is 23.7 Å². The number of carbonyl (C=O) groups is 4. The third kappa shape index (κ3) is 3.50. The maximum absolute atomic E-state index is 13.5. The molecule has 7 rings (SSSR count). The van der Waals surface area contributed by atoms with Crippen LogP contribution in [0, 0.1) is 11.8 Å². The van der Waals surface area contributed by atoms with Crippen LogP contribution in [0.2, 0.25) is 5.02 Å². The molecule has 0 radical (unpaired) electrons. The molecule has 3 aromatic carbocycles. The zero-order valence-electron chi connectivity index (χ0n) is 19.0. The van der Waals surface area contributed by atoms with Crippen molar-refractivity contribution < 1.29 is 23.9 Å². The zero-order valence-corrected chi connectivity index (χ0v) is 19.8. The van der Waals surface area contributed by atoms with E-state index in [9.17, 15) is 19.2 Å². The molecule has 180 valence electrons. The summed E-state index contributed by atoms with van der Waals surface area (Å²) in [6.07, 6.45) is 0. The third-order valence-corrected chi connectivity index (χ3v) is 7.53. The molecule has 36 heavy (non-hydrogen) atoms. The Balaban J connectivity index is 1.19. The van der Waals surface area contributed by atoms with Gasteiger partial charge in [-0.05, 0) is 40.5 Å². The minimum atomic E-state index is -0.820. The number of nitrogens with one attached hydrogen (secondary N) is 1. The predicted octanol–water partition coefficient (Wildman–Crippen LogP) is 3.71. The SMILES string of the molecule is O=C(COC(=O)CN1C(=O)[C@@H]2C3c4ccccc4C(c4ccccc43)[C@H]2C1=O)Nc1cccc(Cl)c1. The molecular formula is C28H21ClN2O5. The molecule has 7 nitrogen and oxygen atoms in total. The first-order chi connectivity index (χ1) is 17.4. The van der Waals surface area contributed by atoms with Crippen molar-refractivity contribution in [1.29, 1.82) is 0 Å². The molecule has 1 saturated heterocycles. The Morgan fingerprint density at radius 1 is 0.806 bits per heavy atom. The van der Waals surface area contributed by atoms with Gasteiger partial charge in [0, 0.05) is 22.5 Å². The molecule has 2 bridgehead atoms. The average Bonchev–Trinajstić information content (AvgIpc) is 3.13. The van der Waals surface area contributed by atoms with Crippen molar-refractivity contribution in [3.8, 4) is 0 Å². The van der Waals surface area contributed by atoms with E-state index in [1.165, 1.54) is 0 Å². The van der Waals surface area contributed by atoms with Gasteiger partial charge in [-0.25, -0.2) is 0 Å². The number of carbonyl (C=O) groups excluding carboxylic acids is 4. The van der Waals surface area contributed by atoms with Gasteiger partial charge >= 0.3 is 5.97 Å². The highest BCUT2D eigenvalue weighted by molar-refractivity contribution is 6.30. The number of likely N-dealkylation sites (tertiary alicyclic amines) is 1. The van der Waals surface area contributed by atoms with Gasteiger partial charge in [0.15, 0.2) is 6.61 Å². The van der Waals surface area contributed by atoms with E-state index in [1.807, 2.05) is 48.5 Å². The van der Waals surface area contributed by atoms with Crippen molar-refractivity contribution in [2.75, 3.05) is 18.5 Å². The number of esters is 1. The normalized spacial score (nSPS) is 23.1. The first-order valence-corrected chi connectivity index (χ1v) is 12.1. The van der Waals surface area contributed by atoms with Gasteiger partial charge in [-0.1, -0.05) is 66.2 Å². The van der Waals surface area contributed by atoms with Gasteiger partial charge in [-0.3, -0.25) is 24.1 Å². The smallest absolute Gasteiger partial charge is 0.326 e.